The average Bonchev–Trinajstić information content (AvgIpc) is 2.39. The Bertz CT molecular complexity index is 470. The van der Waals surface area contributed by atoms with Crippen LogP contribution < -0.4 is 10.6 Å². The molecule has 4 nitrogen and oxygen atoms in total. The second kappa shape index (κ2) is 6.96. The van der Waals surface area contributed by atoms with Crippen molar-refractivity contribution in [2.45, 2.75) is 10.3 Å². The molecule has 1 saturated heterocycles. The van der Waals surface area contributed by atoms with Crippen LogP contribution in [0.1, 0.15) is 5.56 Å². The molecule has 1 fully saturated rings. The normalized spacial score (nSPS) is 16.9. The molecule has 7 heteroatoms. The van der Waals surface area contributed by atoms with Crippen molar-refractivity contribution in [1.29, 1.82) is 0 Å². The van der Waals surface area contributed by atoms with E-state index in [0.717, 1.165) is 38.3 Å². The maximum Gasteiger partial charge on any atom is 0.276 e. The van der Waals surface area contributed by atoms with Crippen LogP contribution in [0.15, 0.2) is 24.3 Å². The van der Waals surface area contributed by atoms with Crippen LogP contribution in [0.25, 0.3) is 0 Å². The quantitative estimate of drug-likeness (QED) is 0.833. The van der Waals surface area contributed by atoms with Gasteiger partial charge in [-0.2, -0.15) is 0 Å². The van der Waals surface area contributed by atoms with Gasteiger partial charge in [0, 0.05) is 38.4 Å². The van der Waals surface area contributed by atoms with Gasteiger partial charge >= 0.3 is 0 Å². The Morgan fingerprint density at radius 3 is 2.65 bits per heavy atom. The highest BCUT2D eigenvalue weighted by atomic mass is 35.6. The topological polar surface area (TPSA) is 44.4 Å². The number of hydrogen-bond donors (Lipinski definition) is 2. The Kier molecular flexibility index (Phi) is 5.52. The maximum absolute atomic E-state index is 11.6. The van der Waals surface area contributed by atoms with E-state index in [1.165, 1.54) is 0 Å². The molecule has 0 radical (unpaired) electrons. The smallest absolute Gasteiger partial charge is 0.276 e. The number of rotatable bonds is 3. The van der Waals surface area contributed by atoms with Crippen molar-refractivity contribution < 1.29 is 4.79 Å². The fourth-order valence-corrected chi connectivity index (χ4v) is 2.22. The van der Waals surface area contributed by atoms with E-state index in [-0.39, 0.29) is 0 Å². The molecule has 1 heterocycles. The van der Waals surface area contributed by atoms with Gasteiger partial charge in [-0.25, -0.2) is 0 Å². The third-order valence-corrected chi connectivity index (χ3v) is 3.57. The Labute approximate surface area is 133 Å². The average molecular weight is 337 g/mol. The number of anilines is 1. The molecule has 2 rings (SSSR count). The molecule has 1 aliphatic heterocycles. The summed E-state index contributed by atoms with van der Waals surface area (Å²) in [6.07, 6.45) is 0. The van der Waals surface area contributed by atoms with Gasteiger partial charge in [0.2, 0.25) is 0 Å². The summed E-state index contributed by atoms with van der Waals surface area (Å²) in [5, 5.41) is 5.91. The van der Waals surface area contributed by atoms with Crippen molar-refractivity contribution in [3.8, 4) is 0 Å². The Morgan fingerprint density at radius 2 is 2.00 bits per heavy atom. The predicted molar refractivity (Wildman–Crippen MR) is 83.5 cm³/mol. The number of nitrogens with zero attached hydrogens (tertiary/aromatic N) is 1. The number of carbonyl (C=O) groups excluding carboxylic acids is 1. The lowest BCUT2D eigenvalue weighted by Gasteiger charge is -2.27. The highest BCUT2D eigenvalue weighted by Crippen LogP contribution is 2.27. The van der Waals surface area contributed by atoms with Crippen LogP contribution >= 0.6 is 34.8 Å². The van der Waals surface area contributed by atoms with E-state index in [1.54, 1.807) is 6.07 Å². The lowest BCUT2D eigenvalue weighted by Crippen LogP contribution is -2.42. The molecule has 0 saturated carbocycles. The number of carbonyl (C=O) groups is 1. The van der Waals surface area contributed by atoms with E-state index >= 15 is 0 Å². The summed E-state index contributed by atoms with van der Waals surface area (Å²) in [5.74, 6) is -0.651. The van der Waals surface area contributed by atoms with Crippen LogP contribution in [-0.2, 0) is 11.3 Å². The van der Waals surface area contributed by atoms with Gasteiger partial charge in [-0.15, -0.1) is 0 Å². The van der Waals surface area contributed by atoms with Crippen LogP contribution in [0, 0.1) is 0 Å². The van der Waals surface area contributed by atoms with Crippen molar-refractivity contribution in [3.05, 3.63) is 29.8 Å². The third kappa shape index (κ3) is 4.79. The summed E-state index contributed by atoms with van der Waals surface area (Å²) in [5.41, 5.74) is 1.75. The van der Waals surface area contributed by atoms with E-state index in [2.05, 4.69) is 15.5 Å². The minimum Gasteiger partial charge on any atom is -0.322 e. The van der Waals surface area contributed by atoms with Crippen molar-refractivity contribution in [3.63, 3.8) is 0 Å². The van der Waals surface area contributed by atoms with Gasteiger partial charge in [0.25, 0.3) is 9.70 Å². The van der Waals surface area contributed by atoms with Gasteiger partial charge < -0.3 is 10.6 Å². The first-order chi connectivity index (χ1) is 9.45. The first-order valence-corrected chi connectivity index (χ1v) is 7.49. The zero-order valence-electron chi connectivity index (χ0n) is 10.8. The van der Waals surface area contributed by atoms with E-state index in [9.17, 15) is 4.79 Å². The SMILES string of the molecule is O=C(Nc1cccc(CN2CCNCC2)c1)C(Cl)(Cl)Cl. The van der Waals surface area contributed by atoms with Crippen LogP contribution in [-0.4, -0.2) is 40.8 Å². The van der Waals surface area contributed by atoms with Crippen LogP contribution in [0.4, 0.5) is 5.69 Å². The fraction of sp³-hybridized carbons (Fsp3) is 0.462. The molecule has 0 aliphatic carbocycles. The van der Waals surface area contributed by atoms with Crippen LogP contribution in [0.2, 0.25) is 0 Å². The second-order valence-electron chi connectivity index (χ2n) is 4.68. The summed E-state index contributed by atoms with van der Waals surface area (Å²) in [6, 6.07) is 7.57. The monoisotopic (exact) mass is 335 g/mol. The van der Waals surface area contributed by atoms with Crippen molar-refractivity contribution in [1.82, 2.24) is 10.2 Å². The number of halogens is 3. The van der Waals surface area contributed by atoms with Crippen LogP contribution in [0.3, 0.4) is 0 Å². The largest absolute Gasteiger partial charge is 0.322 e. The first kappa shape index (κ1) is 15.9. The van der Waals surface area contributed by atoms with Crippen LogP contribution in [0.5, 0.6) is 0 Å². The molecule has 1 aromatic carbocycles. The third-order valence-electron chi connectivity index (χ3n) is 3.06. The van der Waals surface area contributed by atoms with E-state index in [0.29, 0.717) is 5.69 Å². The number of amides is 1. The summed E-state index contributed by atoms with van der Waals surface area (Å²) in [7, 11) is 0. The summed E-state index contributed by atoms with van der Waals surface area (Å²) in [6.45, 7) is 4.89. The standard InChI is InChI=1S/C13H16Cl3N3O/c14-13(15,16)12(20)18-11-3-1-2-10(8-11)9-19-6-4-17-5-7-19/h1-3,8,17H,4-7,9H2,(H,18,20). The molecule has 20 heavy (non-hydrogen) atoms. The highest BCUT2D eigenvalue weighted by molar-refractivity contribution is 6.76. The number of nitrogens with one attached hydrogen (secondary N) is 2. The molecule has 0 atom stereocenters. The molecule has 1 aromatic rings. The van der Waals surface area contributed by atoms with Gasteiger partial charge in [-0.3, -0.25) is 9.69 Å². The van der Waals surface area contributed by atoms with Gasteiger partial charge in [0.05, 0.1) is 0 Å². The molecular weight excluding hydrogens is 321 g/mol. The molecule has 2 N–H and O–H groups in total. The predicted octanol–water partition coefficient (Wildman–Crippen LogP) is 2.40. The Balaban J connectivity index is 1.98. The molecule has 0 spiro atoms. The van der Waals surface area contributed by atoms with Crippen molar-refractivity contribution in [2.75, 3.05) is 31.5 Å². The van der Waals surface area contributed by atoms with E-state index < -0.39 is 9.70 Å². The van der Waals surface area contributed by atoms with Gasteiger partial charge in [0.15, 0.2) is 0 Å². The van der Waals surface area contributed by atoms with Gasteiger partial charge in [-0.1, -0.05) is 46.9 Å². The van der Waals surface area contributed by atoms with Crippen molar-refractivity contribution in [2.24, 2.45) is 0 Å². The molecule has 110 valence electrons. The lowest BCUT2D eigenvalue weighted by molar-refractivity contribution is -0.115. The van der Waals surface area contributed by atoms with E-state index in [4.69, 9.17) is 34.8 Å². The zero-order valence-corrected chi connectivity index (χ0v) is 13.1. The molecule has 1 amide bonds. The molecule has 1 aliphatic rings. The van der Waals surface area contributed by atoms with E-state index in [1.807, 2.05) is 18.2 Å². The molecule has 0 aromatic heterocycles. The minimum atomic E-state index is -1.95. The molecule has 0 bridgehead atoms. The number of hydrogen-bond acceptors (Lipinski definition) is 3. The van der Waals surface area contributed by atoms with Gasteiger partial charge in [-0.05, 0) is 17.7 Å². The Hall–Kier alpha value is -0.520. The fourth-order valence-electron chi connectivity index (χ4n) is 2.08. The second-order valence-corrected chi connectivity index (χ2v) is 6.96. The number of benzene rings is 1. The molecular formula is C13H16Cl3N3O. The summed E-state index contributed by atoms with van der Waals surface area (Å²) in [4.78, 5) is 14.0. The zero-order chi connectivity index (χ0) is 14.6. The summed E-state index contributed by atoms with van der Waals surface area (Å²) >= 11 is 16.6. The van der Waals surface area contributed by atoms with Crippen molar-refractivity contribution >= 4 is 46.4 Å². The summed E-state index contributed by atoms with van der Waals surface area (Å²) < 4.78 is -1.95. The molecule has 0 unspecified atom stereocenters. The van der Waals surface area contributed by atoms with Gasteiger partial charge in [0.1, 0.15) is 0 Å². The lowest BCUT2D eigenvalue weighted by atomic mass is 10.1. The first-order valence-electron chi connectivity index (χ1n) is 6.35. The maximum atomic E-state index is 11.6. The minimum absolute atomic E-state index is 0.633. The number of piperazine rings is 1. The Morgan fingerprint density at radius 1 is 1.30 bits per heavy atom. The number of alkyl halides is 3. The highest BCUT2D eigenvalue weighted by Gasteiger charge is 2.30.